The van der Waals surface area contributed by atoms with Crippen molar-refractivity contribution in [2.75, 3.05) is 26.2 Å². The van der Waals surface area contributed by atoms with Crippen molar-refractivity contribution in [3.8, 4) is 0 Å². The first kappa shape index (κ1) is 26.3. The van der Waals surface area contributed by atoms with Gasteiger partial charge in [-0.3, -0.25) is 4.90 Å². The van der Waals surface area contributed by atoms with Gasteiger partial charge in [0, 0.05) is 32.2 Å². The summed E-state index contributed by atoms with van der Waals surface area (Å²) in [5.74, 6) is 0.0367. The van der Waals surface area contributed by atoms with Crippen LogP contribution in [0.5, 0.6) is 0 Å². The van der Waals surface area contributed by atoms with E-state index in [0.717, 1.165) is 44.2 Å². The first-order chi connectivity index (χ1) is 12.7. The van der Waals surface area contributed by atoms with Crippen LogP contribution < -0.4 is 5.32 Å². The quantitative estimate of drug-likeness (QED) is 0.541. The van der Waals surface area contributed by atoms with E-state index in [4.69, 9.17) is 0 Å². The van der Waals surface area contributed by atoms with E-state index in [1.807, 2.05) is 4.90 Å². The lowest BCUT2D eigenvalue weighted by Gasteiger charge is -2.42. The molecule has 0 unspecified atom stereocenters. The summed E-state index contributed by atoms with van der Waals surface area (Å²) in [5.41, 5.74) is -2.41. The third-order valence-corrected chi connectivity index (χ3v) is 5.65. The first-order valence-corrected chi connectivity index (χ1v) is 9.41. The van der Waals surface area contributed by atoms with Crippen LogP contribution in [-0.2, 0) is 12.4 Å². The second kappa shape index (κ2) is 10.6. The molecule has 0 radical (unpaired) electrons. The second-order valence-corrected chi connectivity index (χ2v) is 7.43. The average molecular weight is 467 g/mol. The van der Waals surface area contributed by atoms with E-state index >= 15 is 0 Å². The minimum absolute atomic E-state index is 0. The first-order valence-electron chi connectivity index (χ1n) is 9.41. The van der Waals surface area contributed by atoms with Crippen LogP contribution in [0, 0.1) is 5.92 Å². The Morgan fingerprint density at radius 2 is 1.45 bits per heavy atom. The topological polar surface area (TPSA) is 15.3 Å². The molecule has 1 saturated heterocycles. The van der Waals surface area contributed by atoms with Crippen LogP contribution in [0.3, 0.4) is 0 Å². The van der Waals surface area contributed by atoms with Gasteiger partial charge in [-0.1, -0.05) is 25.3 Å². The summed E-state index contributed by atoms with van der Waals surface area (Å²) in [6.45, 7) is 2.54. The smallest absolute Gasteiger partial charge is 0.314 e. The molecule has 1 aromatic carbocycles. The maximum Gasteiger partial charge on any atom is 0.416 e. The van der Waals surface area contributed by atoms with E-state index in [2.05, 4.69) is 5.32 Å². The minimum Gasteiger partial charge on any atom is -0.314 e. The molecule has 3 rings (SSSR count). The number of alkyl halides is 6. The van der Waals surface area contributed by atoms with E-state index in [0.29, 0.717) is 26.2 Å². The van der Waals surface area contributed by atoms with Crippen molar-refractivity contribution >= 4 is 24.8 Å². The van der Waals surface area contributed by atoms with E-state index in [1.54, 1.807) is 0 Å². The summed E-state index contributed by atoms with van der Waals surface area (Å²) in [6, 6.07) is 1.65. The van der Waals surface area contributed by atoms with Crippen LogP contribution in [0.4, 0.5) is 26.3 Å². The minimum atomic E-state index is -4.82. The zero-order valence-electron chi connectivity index (χ0n) is 15.8. The van der Waals surface area contributed by atoms with Gasteiger partial charge in [0.15, 0.2) is 0 Å². The fraction of sp³-hybridized carbons (Fsp3) is 0.684. The normalized spacial score (nSPS) is 20.5. The highest BCUT2D eigenvalue weighted by Crippen LogP contribution is 2.45. The summed E-state index contributed by atoms with van der Waals surface area (Å²) in [5, 5.41) is 3.19. The van der Waals surface area contributed by atoms with Gasteiger partial charge in [-0.2, -0.15) is 26.3 Å². The van der Waals surface area contributed by atoms with E-state index in [-0.39, 0.29) is 42.4 Å². The van der Waals surface area contributed by atoms with Crippen LogP contribution in [0.2, 0.25) is 0 Å². The standard InChI is InChI=1S/C19H24F6N2.2ClH/c20-18(21,22)14-6-7-15(16(12-14)19(23,24)25)17(13-4-2-1-3-5-13)27-10-8-26-9-11-27;;/h6-7,12-13,17,26H,1-5,8-11H2;2*1H/t17-;;/m0../s1. The molecule has 0 amide bonds. The molecule has 1 atom stereocenters. The molecular formula is C19H26Cl2F6N2. The van der Waals surface area contributed by atoms with Crippen molar-refractivity contribution in [2.24, 2.45) is 5.92 Å². The molecule has 1 aliphatic heterocycles. The van der Waals surface area contributed by atoms with Gasteiger partial charge in [0.2, 0.25) is 0 Å². The fourth-order valence-electron chi connectivity index (χ4n) is 4.39. The molecule has 2 aliphatic rings. The molecule has 168 valence electrons. The molecule has 1 heterocycles. The lowest BCUT2D eigenvalue weighted by atomic mass is 9.78. The Kier molecular flexibility index (Phi) is 9.58. The van der Waals surface area contributed by atoms with Crippen LogP contribution in [0.1, 0.15) is 54.8 Å². The number of rotatable bonds is 3. The summed E-state index contributed by atoms with van der Waals surface area (Å²) in [7, 11) is 0. The molecule has 10 heteroatoms. The molecule has 29 heavy (non-hydrogen) atoms. The van der Waals surface area contributed by atoms with E-state index in [9.17, 15) is 26.3 Å². The number of hydrogen-bond acceptors (Lipinski definition) is 2. The molecule has 0 spiro atoms. The Hall–Kier alpha value is -0.700. The fourth-order valence-corrected chi connectivity index (χ4v) is 4.39. The molecule has 0 bridgehead atoms. The highest BCUT2D eigenvalue weighted by molar-refractivity contribution is 5.85. The van der Waals surface area contributed by atoms with Crippen LogP contribution >= 0.6 is 24.8 Å². The number of hydrogen-bond donors (Lipinski definition) is 1. The van der Waals surface area contributed by atoms with Gasteiger partial charge in [0.25, 0.3) is 0 Å². The summed E-state index contributed by atoms with van der Waals surface area (Å²) >= 11 is 0. The van der Waals surface area contributed by atoms with Crippen molar-refractivity contribution in [2.45, 2.75) is 50.5 Å². The van der Waals surface area contributed by atoms with Crippen molar-refractivity contribution in [3.63, 3.8) is 0 Å². The molecule has 1 saturated carbocycles. The molecule has 2 fully saturated rings. The van der Waals surface area contributed by atoms with Gasteiger partial charge in [0.1, 0.15) is 0 Å². The van der Waals surface area contributed by atoms with Gasteiger partial charge in [-0.15, -0.1) is 24.8 Å². The van der Waals surface area contributed by atoms with E-state index < -0.39 is 29.5 Å². The van der Waals surface area contributed by atoms with Crippen molar-refractivity contribution in [1.82, 2.24) is 10.2 Å². The molecule has 1 aliphatic carbocycles. The van der Waals surface area contributed by atoms with Crippen molar-refractivity contribution < 1.29 is 26.3 Å². The van der Waals surface area contributed by atoms with Crippen LogP contribution in [0.25, 0.3) is 0 Å². The predicted molar refractivity (Wildman–Crippen MR) is 105 cm³/mol. The van der Waals surface area contributed by atoms with Gasteiger partial charge in [-0.05, 0) is 36.5 Å². The number of halogens is 8. The Balaban J connectivity index is 0.00000210. The highest BCUT2D eigenvalue weighted by atomic mass is 35.5. The summed E-state index contributed by atoms with van der Waals surface area (Å²) in [4.78, 5) is 2.02. The van der Waals surface area contributed by atoms with Gasteiger partial charge in [-0.25, -0.2) is 0 Å². The number of nitrogens with one attached hydrogen (secondary N) is 1. The van der Waals surface area contributed by atoms with Gasteiger partial charge < -0.3 is 5.32 Å². The van der Waals surface area contributed by atoms with Gasteiger partial charge in [0.05, 0.1) is 11.1 Å². The molecule has 1 aromatic rings. The molecule has 2 nitrogen and oxygen atoms in total. The zero-order chi connectivity index (χ0) is 19.7. The number of nitrogens with zero attached hydrogens (tertiary/aromatic N) is 1. The summed E-state index contributed by atoms with van der Waals surface area (Å²) in [6.07, 6.45) is -5.03. The zero-order valence-corrected chi connectivity index (χ0v) is 17.4. The van der Waals surface area contributed by atoms with Crippen molar-refractivity contribution in [1.29, 1.82) is 0 Å². The predicted octanol–water partition coefficient (Wildman–Crippen LogP) is 6.09. The Morgan fingerprint density at radius 1 is 0.862 bits per heavy atom. The molecule has 1 N–H and O–H groups in total. The van der Waals surface area contributed by atoms with E-state index in [1.165, 1.54) is 0 Å². The molecule has 0 aromatic heterocycles. The monoisotopic (exact) mass is 466 g/mol. The SMILES string of the molecule is Cl.Cl.FC(F)(F)c1ccc([C@H](C2CCCCC2)N2CCNCC2)c(C(F)(F)F)c1. The largest absolute Gasteiger partial charge is 0.416 e. The Morgan fingerprint density at radius 3 is 1.97 bits per heavy atom. The Labute approximate surface area is 179 Å². The van der Waals surface area contributed by atoms with Crippen LogP contribution in [-0.4, -0.2) is 31.1 Å². The van der Waals surface area contributed by atoms with Crippen molar-refractivity contribution in [3.05, 3.63) is 34.9 Å². The Bertz CT molecular complexity index is 621. The number of piperazine rings is 1. The molecular weight excluding hydrogens is 441 g/mol. The highest BCUT2D eigenvalue weighted by Gasteiger charge is 2.42. The third-order valence-electron chi connectivity index (χ3n) is 5.65. The average Bonchev–Trinajstić information content (AvgIpc) is 2.62. The van der Waals surface area contributed by atoms with Gasteiger partial charge >= 0.3 is 12.4 Å². The maximum absolute atomic E-state index is 13.7. The lowest BCUT2D eigenvalue weighted by Crippen LogP contribution is -2.47. The lowest BCUT2D eigenvalue weighted by molar-refractivity contribution is -0.144. The number of benzene rings is 1. The third kappa shape index (κ3) is 6.39. The van der Waals surface area contributed by atoms with Crippen LogP contribution in [0.15, 0.2) is 18.2 Å². The second-order valence-electron chi connectivity index (χ2n) is 7.43. The maximum atomic E-state index is 13.7. The summed E-state index contributed by atoms with van der Waals surface area (Å²) < 4.78 is 80.2.